The van der Waals surface area contributed by atoms with Crippen LogP contribution in [0.2, 0.25) is 0 Å². The molecule has 0 radical (unpaired) electrons. The van der Waals surface area contributed by atoms with E-state index in [1.54, 1.807) is 14.1 Å². The molecule has 0 aliphatic heterocycles. The van der Waals surface area contributed by atoms with Gasteiger partial charge in [0.05, 0.1) is 14.1 Å². The number of hydrogen-bond acceptors (Lipinski definition) is 1. The molecular formula is C12H16BrN2O+. The molecule has 2 aromatic rings. The van der Waals surface area contributed by atoms with E-state index < -0.39 is 0 Å². The maximum Gasteiger partial charge on any atom is 0.112 e. The number of aromatic amines is 1. The molecule has 16 heavy (non-hydrogen) atoms. The second-order valence-electron chi connectivity index (χ2n) is 4.60. The predicted octanol–water partition coefficient (Wildman–Crippen LogP) is 2.94. The Labute approximate surface area is 103 Å². The van der Waals surface area contributed by atoms with Gasteiger partial charge in [-0.15, -0.1) is 0 Å². The van der Waals surface area contributed by atoms with Gasteiger partial charge in [0.1, 0.15) is 6.54 Å². The Balaban J connectivity index is 2.28. The minimum Gasteiger partial charge on any atom is -0.361 e. The summed E-state index contributed by atoms with van der Waals surface area (Å²) >= 11 is 3.47. The first kappa shape index (κ1) is 11.6. The number of quaternary nitrogens is 1. The lowest BCUT2D eigenvalue weighted by Gasteiger charge is -2.18. The van der Waals surface area contributed by atoms with Crippen LogP contribution in [0, 0.1) is 0 Å². The van der Waals surface area contributed by atoms with E-state index in [9.17, 15) is 5.21 Å². The molecule has 3 nitrogen and oxygen atoms in total. The number of hydrogen-bond donors (Lipinski definition) is 2. The van der Waals surface area contributed by atoms with E-state index in [4.69, 9.17) is 0 Å². The molecule has 1 aromatic heterocycles. The number of hydroxylamine groups is 3. The van der Waals surface area contributed by atoms with Crippen molar-refractivity contribution >= 4 is 26.8 Å². The van der Waals surface area contributed by atoms with Crippen LogP contribution in [-0.4, -0.2) is 35.5 Å². The Morgan fingerprint density at radius 1 is 1.38 bits per heavy atom. The number of H-pyrrole nitrogens is 1. The lowest BCUT2D eigenvalue weighted by Crippen LogP contribution is -2.37. The summed E-state index contributed by atoms with van der Waals surface area (Å²) in [6.07, 6.45) is 2.88. The first-order valence-corrected chi connectivity index (χ1v) is 6.06. The van der Waals surface area contributed by atoms with Gasteiger partial charge in [-0.2, -0.15) is 4.65 Å². The maximum absolute atomic E-state index is 9.66. The fourth-order valence-corrected chi connectivity index (χ4v) is 2.11. The van der Waals surface area contributed by atoms with Crippen LogP contribution >= 0.6 is 15.9 Å². The molecule has 0 spiro atoms. The summed E-state index contributed by atoms with van der Waals surface area (Å²) in [6, 6.07) is 6.19. The smallest absolute Gasteiger partial charge is 0.112 e. The van der Waals surface area contributed by atoms with Crippen molar-refractivity contribution in [3.8, 4) is 0 Å². The molecule has 0 fully saturated rings. The highest BCUT2D eigenvalue weighted by atomic mass is 79.9. The summed E-state index contributed by atoms with van der Waals surface area (Å²) in [7, 11) is 3.57. The standard InChI is InChI=1S/C12H16BrN2O/c1-15(2,16)6-5-9-8-14-12-4-3-10(13)7-11(9)12/h3-4,7-8,14,16H,5-6H2,1-2H3/q+1. The first-order valence-electron chi connectivity index (χ1n) is 5.27. The quantitative estimate of drug-likeness (QED) is 0.660. The molecule has 1 heterocycles. The average molecular weight is 284 g/mol. The number of nitrogens with zero attached hydrogens (tertiary/aromatic N) is 1. The third-order valence-corrected chi connectivity index (χ3v) is 3.15. The Morgan fingerprint density at radius 2 is 2.12 bits per heavy atom. The minimum atomic E-state index is 0.000671. The third kappa shape index (κ3) is 2.64. The van der Waals surface area contributed by atoms with Crippen molar-refractivity contribution in [2.45, 2.75) is 6.42 Å². The molecule has 0 aliphatic carbocycles. The monoisotopic (exact) mass is 283 g/mol. The zero-order valence-corrected chi connectivity index (χ0v) is 11.1. The van der Waals surface area contributed by atoms with Gasteiger partial charge in [-0.25, -0.2) is 5.21 Å². The van der Waals surface area contributed by atoms with Gasteiger partial charge in [0, 0.05) is 28.0 Å². The van der Waals surface area contributed by atoms with E-state index in [0.717, 1.165) is 16.4 Å². The lowest BCUT2D eigenvalue weighted by atomic mass is 10.1. The molecule has 0 saturated heterocycles. The average Bonchev–Trinajstić information content (AvgIpc) is 2.56. The molecule has 0 unspecified atom stereocenters. The molecule has 4 heteroatoms. The van der Waals surface area contributed by atoms with E-state index in [2.05, 4.69) is 33.0 Å². The van der Waals surface area contributed by atoms with Gasteiger partial charge in [0.25, 0.3) is 0 Å². The van der Waals surface area contributed by atoms with Crippen molar-refractivity contribution < 1.29 is 9.85 Å². The molecule has 0 atom stereocenters. The molecule has 2 rings (SSSR count). The Hall–Kier alpha value is -0.840. The van der Waals surface area contributed by atoms with Crippen LogP contribution in [0.25, 0.3) is 10.9 Å². The molecule has 1 aromatic carbocycles. The van der Waals surface area contributed by atoms with Gasteiger partial charge in [-0.1, -0.05) is 15.9 Å². The molecule has 0 bridgehead atoms. The van der Waals surface area contributed by atoms with Crippen LogP contribution in [0.1, 0.15) is 5.56 Å². The van der Waals surface area contributed by atoms with E-state index in [0.29, 0.717) is 6.54 Å². The largest absolute Gasteiger partial charge is 0.361 e. The summed E-state index contributed by atoms with van der Waals surface area (Å²) in [4.78, 5) is 3.24. The third-order valence-electron chi connectivity index (χ3n) is 2.66. The Kier molecular flexibility index (Phi) is 3.06. The second-order valence-corrected chi connectivity index (χ2v) is 5.51. The molecule has 0 amide bonds. The number of rotatable bonds is 3. The maximum atomic E-state index is 9.66. The number of aromatic nitrogens is 1. The summed E-state index contributed by atoms with van der Waals surface area (Å²) in [5, 5.41) is 10.9. The zero-order chi connectivity index (χ0) is 11.8. The molecule has 0 saturated carbocycles. The van der Waals surface area contributed by atoms with Gasteiger partial charge in [-0.05, 0) is 23.8 Å². The number of nitrogens with one attached hydrogen (secondary N) is 1. The second kappa shape index (κ2) is 4.20. The van der Waals surface area contributed by atoms with Crippen LogP contribution in [0.3, 0.4) is 0 Å². The summed E-state index contributed by atoms with van der Waals surface area (Å²) in [5.41, 5.74) is 2.39. The van der Waals surface area contributed by atoms with Gasteiger partial charge >= 0.3 is 0 Å². The fourth-order valence-electron chi connectivity index (χ4n) is 1.75. The van der Waals surface area contributed by atoms with E-state index in [1.807, 2.05) is 12.3 Å². The number of benzene rings is 1. The van der Waals surface area contributed by atoms with Crippen LogP contribution in [-0.2, 0) is 6.42 Å². The van der Waals surface area contributed by atoms with E-state index in [1.165, 1.54) is 10.9 Å². The summed E-state index contributed by atoms with van der Waals surface area (Å²) < 4.78 is 1.08. The highest BCUT2D eigenvalue weighted by Gasteiger charge is 2.12. The lowest BCUT2D eigenvalue weighted by molar-refractivity contribution is -1.07. The van der Waals surface area contributed by atoms with Crippen molar-refractivity contribution in [1.29, 1.82) is 0 Å². The molecular weight excluding hydrogens is 268 g/mol. The normalized spacial score (nSPS) is 12.2. The molecule has 2 N–H and O–H groups in total. The van der Waals surface area contributed by atoms with Crippen LogP contribution in [0.15, 0.2) is 28.9 Å². The zero-order valence-electron chi connectivity index (χ0n) is 9.50. The van der Waals surface area contributed by atoms with Crippen molar-refractivity contribution in [1.82, 2.24) is 4.98 Å². The van der Waals surface area contributed by atoms with Crippen LogP contribution in [0.4, 0.5) is 0 Å². The number of fused-ring (bicyclic) bond motifs is 1. The minimum absolute atomic E-state index is 0.000671. The van der Waals surface area contributed by atoms with Crippen LogP contribution in [0.5, 0.6) is 0 Å². The van der Waals surface area contributed by atoms with Crippen molar-refractivity contribution in [2.24, 2.45) is 0 Å². The van der Waals surface area contributed by atoms with E-state index >= 15 is 0 Å². The topological polar surface area (TPSA) is 36.0 Å². The molecule has 86 valence electrons. The van der Waals surface area contributed by atoms with Crippen molar-refractivity contribution in [3.05, 3.63) is 34.4 Å². The summed E-state index contributed by atoms with van der Waals surface area (Å²) in [5.74, 6) is 0. The first-order chi connectivity index (χ1) is 7.46. The SMILES string of the molecule is C[N+](C)(O)CCc1c[nH]c2ccc(Br)cc12. The number of halogens is 1. The van der Waals surface area contributed by atoms with Crippen LogP contribution < -0.4 is 0 Å². The Bertz CT molecular complexity index is 499. The van der Waals surface area contributed by atoms with Crippen molar-refractivity contribution in [3.63, 3.8) is 0 Å². The van der Waals surface area contributed by atoms with E-state index in [-0.39, 0.29) is 4.65 Å². The van der Waals surface area contributed by atoms with Crippen molar-refractivity contribution in [2.75, 3.05) is 20.6 Å². The predicted molar refractivity (Wildman–Crippen MR) is 68.5 cm³/mol. The van der Waals surface area contributed by atoms with Gasteiger partial charge in [-0.3, -0.25) is 0 Å². The summed E-state index contributed by atoms with van der Waals surface area (Å²) in [6.45, 7) is 0.708. The Morgan fingerprint density at radius 3 is 2.81 bits per heavy atom. The molecule has 0 aliphatic rings. The fraction of sp³-hybridized carbons (Fsp3) is 0.333. The van der Waals surface area contributed by atoms with Gasteiger partial charge in [0.2, 0.25) is 0 Å². The highest BCUT2D eigenvalue weighted by molar-refractivity contribution is 9.10. The van der Waals surface area contributed by atoms with Gasteiger partial charge in [0.15, 0.2) is 0 Å². The number of likely N-dealkylation sites (N-methyl/N-ethyl adjacent to an activating group) is 1. The highest BCUT2D eigenvalue weighted by Crippen LogP contribution is 2.23. The van der Waals surface area contributed by atoms with Gasteiger partial charge < -0.3 is 4.98 Å².